The lowest BCUT2D eigenvalue weighted by atomic mass is 10.0. The van der Waals surface area contributed by atoms with E-state index in [1.165, 1.54) is 83.5 Å². The Labute approximate surface area is 330 Å². The Balaban J connectivity index is 4.47. The van der Waals surface area contributed by atoms with E-state index in [4.69, 9.17) is 18.9 Å². The van der Waals surface area contributed by atoms with Gasteiger partial charge in [-0.25, -0.2) is 4.79 Å². The highest BCUT2D eigenvalue weighted by atomic mass is 16.7. The average Bonchev–Trinajstić information content (AvgIpc) is 3.12. The Morgan fingerprint density at radius 1 is 0.574 bits per heavy atom. The largest absolute Gasteiger partial charge is 0.477 e. The fourth-order valence-electron chi connectivity index (χ4n) is 5.79. The van der Waals surface area contributed by atoms with Gasteiger partial charge in [-0.2, -0.15) is 0 Å². The van der Waals surface area contributed by atoms with E-state index < -0.39 is 24.3 Å². The molecule has 0 spiro atoms. The standard InChI is InChI=1S/C45H81NO8/c1-6-8-10-12-14-16-18-20-21-22-24-25-27-29-31-33-35-42(47)52-39-41(40-53-45(44(49)50)51-38-37-46(3,4)5)54-43(48)36-34-32-30-28-26-23-19-17-15-13-11-9-7-2/h9,11,15,17,23,26,41,45H,6-8,10,12-14,16,18-22,24-25,27-40H2,1-5H3/p+1/b11-9-,17-15-,26-23-. The minimum Gasteiger partial charge on any atom is -0.477 e. The summed E-state index contributed by atoms with van der Waals surface area (Å²) in [6.07, 6.45) is 37.8. The molecule has 0 saturated carbocycles. The highest BCUT2D eigenvalue weighted by Gasteiger charge is 2.25. The lowest BCUT2D eigenvalue weighted by Gasteiger charge is -2.25. The van der Waals surface area contributed by atoms with Crippen LogP contribution in [0.25, 0.3) is 0 Å². The van der Waals surface area contributed by atoms with Crippen LogP contribution in [-0.4, -0.2) is 87.4 Å². The molecule has 9 nitrogen and oxygen atoms in total. The smallest absolute Gasteiger partial charge is 0.361 e. The van der Waals surface area contributed by atoms with Crippen molar-refractivity contribution >= 4 is 17.9 Å². The quantitative estimate of drug-likeness (QED) is 0.0217. The number of ether oxygens (including phenoxy) is 4. The Bertz CT molecular complexity index is 987. The summed E-state index contributed by atoms with van der Waals surface area (Å²) in [6.45, 7) is 4.72. The molecule has 9 heteroatoms. The van der Waals surface area contributed by atoms with Gasteiger partial charge in [0.2, 0.25) is 0 Å². The van der Waals surface area contributed by atoms with E-state index in [1.807, 2.05) is 21.1 Å². The maximum absolute atomic E-state index is 12.7. The van der Waals surface area contributed by atoms with Gasteiger partial charge in [0, 0.05) is 12.8 Å². The summed E-state index contributed by atoms with van der Waals surface area (Å²) in [4.78, 5) is 37.0. The lowest BCUT2D eigenvalue weighted by molar-refractivity contribution is -0.870. The van der Waals surface area contributed by atoms with Crippen molar-refractivity contribution < 1.29 is 42.9 Å². The van der Waals surface area contributed by atoms with Crippen molar-refractivity contribution in [2.75, 3.05) is 47.5 Å². The van der Waals surface area contributed by atoms with Gasteiger partial charge >= 0.3 is 17.9 Å². The summed E-state index contributed by atoms with van der Waals surface area (Å²) in [6, 6.07) is 0. The van der Waals surface area contributed by atoms with Crippen LogP contribution in [0.15, 0.2) is 36.5 Å². The first kappa shape index (κ1) is 51.5. The van der Waals surface area contributed by atoms with Crippen molar-refractivity contribution in [1.82, 2.24) is 0 Å². The van der Waals surface area contributed by atoms with Crippen molar-refractivity contribution in [3.8, 4) is 0 Å². The molecule has 0 fully saturated rings. The van der Waals surface area contributed by atoms with Gasteiger partial charge in [-0.15, -0.1) is 0 Å². The van der Waals surface area contributed by atoms with E-state index in [0.29, 0.717) is 23.9 Å². The van der Waals surface area contributed by atoms with Crippen LogP contribution in [0, 0.1) is 0 Å². The van der Waals surface area contributed by atoms with Crippen LogP contribution in [0.3, 0.4) is 0 Å². The third-order valence-corrected chi connectivity index (χ3v) is 9.16. The molecule has 54 heavy (non-hydrogen) atoms. The molecule has 1 N–H and O–H groups in total. The zero-order chi connectivity index (χ0) is 40.0. The van der Waals surface area contributed by atoms with Crippen LogP contribution < -0.4 is 0 Å². The molecule has 2 unspecified atom stereocenters. The van der Waals surface area contributed by atoms with E-state index >= 15 is 0 Å². The van der Waals surface area contributed by atoms with Crippen LogP contribution >= 0.6 is 0 Å². The third kappa shape index (κ3) is 37.8. The number of aliphatic carboxylic acids is 1. The second-order valence-corrected chi connectivity index (χ2v) is 15.6. The highest BCUT2D eigenvalue weighted by Crippen LogP contribution is 2.15. The molecule has 0 aliphatic rings. The number of unbranched alkanes of at least 4 members (excludes halogenated alkanes) is 18. The second-order valence-electron chi connectivity index (χ2n) is 15.6. The molecule has 0 rings (SSSR count). The van der Waals surface area contributed by atoms with E-state index in [-0.39, 0.29) is 32.2 Å². The van der Waals surface area contributed by atoms with Crippen LogP contribution in [0.5, 0.6) is 0 Å². The number of likely N-dealkylation sites (N-methyl/N-ethyl adjacent to an activating group) is 1. The fourth-order valence-corrected chi connectivity index (χ4v) is 5.79. The molecule has 0 heterocycles. The summed E-state index contributed by atoms with van der Waals surface area (Å²) in [5, 5.41) is 9.61. The average molecular weight is 765 g/mol. The SMILES string of the molecule is CC/C=C\C/C=C\C/C=C\CCCCCC(=O)OC(COC(=O)CCCCCCCCCCCCCCCCCC)COC(OCC[N+](C)(C)C)C(=O)O. The van der Waals surface area contributed by atoms with Crippen LogP contribution in [0.2, 0.25) is 0 Å². The van der Waals surface area contributed by atoms with Gasteiger partial charge in [0.05, 0.1) is 34.4 Å². The molecular weight excluding hydrogens is 682 g/mol. The monoisotopic (exact) mass is 765 g/mol. The number of hydrogen-bond acceptors (Lipinski definition) is 7. The highest BCUT2D eigenvalue weighted by molar-refractivity contribution is 5.71. The van der Waals surface area contributed by atoms with Gasteiger partial charge in [-0.1, -0.05) is 153 Å². The Morgan fingerprint density at radius 3 is 1.57 bits per heavy atom. The van der Waals surface area contributed by atoms with Gasteiger partial charge in [0.1, 0.15) is 13.2 Å². The van der Waals surface area contributed by atoms with E-state index in [0.717, 1.165) is 57.8 Å². The normalized spacial score (nSPS) is 13.3. The number of carbonyl (C=O) groups is 3. The van der Waals surface area contributed by atoms with Gasteiger partial charge in [0.15, 0.2) is 6.10 Å². The minimum atomic E-state index is -1.51. The van der Waals surface area contributed by atoms with Gasteiger partial charge in [-0.05, 0) is 44.9 Å². The van der Waals surface area contributed by atoms with Crippen molar-refractivity contribution in [3.05, 3.63) is 36.5 Å². The number of quaternary nitrogens is 1. The fraction of sp³-hybridized carbons (Fsp3) is 0.800. The van der Waals surface area contributed by atoms with Gasteiger partial charge in [0.25, 0.3) is 6.29 Å². The first-order chi connectivity index (χ1) is 26.1. The third-order valence-electron chi connectivity index (χ3n) is 9.16. The number of hydrogen-bond donors (Lipinski definition) is 1. The molecule has 0 aliphatic heterocycles. The molecule has 0 radical (unpaired) electrons. The zero-order valence-corrected chi connectivity index (χ0v) is 35.4. The zero-order valence-electron chi connectivity index (χ0n) is 35.4. The summed E-state index contributed by atoms with van der Waals surface area (Å²) in [5.41, 5.74) is 0. The summed E-state index contributed by atoms with van der Waals surface area (Å²) < 4.78 is 22.7. The number of rotatable bonds is 39. The van der Waals surface area contributed by atoms with Gasteiger partial charge in [-0.3, -0.25) is 9.59 Å². The Kier molecular flexibility index (Phi) is 35.7. The maximum Gasteiger partial charge on any atom is 0.361 e. The number of carbonyl (C=O) groups excluding carboxylic acids is 2. The molecule has 0 aromatic carbocycles. The first-order valence-corrected chi connectivity index (χ1v) is 21.7. The molecule has 0 saturated heterocycles. The first-order valence-electron chi connectivity index (χ1n) is 21.7. The number of nitrogens with zero attached hydrogens (tertiary/aromatic N) is 1. The molecule has 0 amide bonds. The van der Waals surface area contributed by atoms with E-state index in [1.54, 1.807) is 0 Å². The number of carboxylic acids is 1. The molecule has 0 bridgehead atoms. The lowest BCUT2D eigenvalue weighted by Crippen LogP contribution is -2.40. The van der Waals surface area contributed by atoms with Crippen LogP contribution in [0.4, 0.5) is 0 Å². The predicted molar refractivity (Wildman–Crippen MR) is 221 cm³/mol. The van der Waals surface area contributed by atoms with Crippen molar-refractivity contribution in [1.29, 1.82) is 0 Å². The number of carboxylic acid groups (broad SMARTS) is 1. The molecule has 314 valence electrons. The Morgan fingerprint density at radius 2 is 1.06 bits per heavy atom. The Hall–Kier alpha value is -2.49. The number of esters is 2. The summed E-state index contributed by atoms with van der Waals surface area (Å²) >= 11 is 0. The predicted octanol–water partition coefficient (Wildman–Crippen LogP) is 11.1. The van der Waals surface area contributed by atoms with Crippen molar-refractivity contribution in [2.45, 2.75) is 187 Å². The molecule has 0 aromatic rings. The summed E-state index contributed by atoms with van der Waals surface area (Å²) in [5.74, 6) is -2.04. The number of allylic oxidation sites excluding steroid dienone is 6. The maximum atomic E-state index is 12.7. The second kappa shape index (κ2) is 37.4. The molecular formula is C45H82NO8+. The topological polar surface area (TPSA) is 108 Å². The molecule has 2 atom stereocenters. The van der Waals surface area contributed by atoms with Crippen LogP contribution in [0.1, 0.15) is 174 Å². The summed E-state index contributed by atoms with van der Waals surface area (Å²) in [7, 11) is 5.94. The van der Waals surface area contributed by atoms with Crippen LogP contribution in [-0.2, 0) is 33.3 Å². The van der Waals surface area contributed by atoms with Crippen molar-refractivity contribution in [3.63, 3.8) is 0 Å². The van der Waals surface area contributed by atoms with Gasteiger partial charge < -0.3 is 28.5 Å². The minimum absolute atomic E-state index is 0.182. The van der Waals surface area contributed by atoms with Crippen molar-refractivity contribution in [2.24, 2.45) is 0 Å². The van der Waals surface area contributed by atoms with E-state index in [2.05, 4.69) is 50.3 Å². The van der Waals surface area contributed by atoms with E-state index in [9.17, 15) is 19.5 Å². The molecule has 0 aromatic heterocycles. The molecule has 0 aliphatic carbocycles.